The molecule has 0 aliphatic heterocycles. The Labute approximate surface area is 193 Å². The maximum Gasteiger partial charge on any atom is 0.324 e. The third-order valence-electron chi connectivity index (χ3n) is 4.91. The minimum absolute atomic E-state index is 0.0446. The molecule has 0 aromatic carbocycles. The van der Waals surface area contributed by atoms with Crippen molar-refractivity contribution in [2.75, 3.05) is 6.61 Å². The van der Waals surface area contributed by atoms with Gasteiger partial charge in [0.1, 0.15) is 5.38 Å². The van der Waals surface area contributed by atoms with Crippen molar-refractivity contribution in [3.63, 3.8) is 0 Å². The lowest BCUT2D eigenvalue weighted by atomic mass is 10.0. The van der Waals surface area contributed by atoms with Crippen molar-refractivity contribution in [3.8, 4) is 0 Å². The zero-order valence-electron chi connectivity index (χ0n) is 17.6. The molecule has 0 saturated heterocycles. The number of rotatable bonds is 19. The molecule has 0 aliphatic rings. The summed E-state index contributed by atoms with van der Waals surface area (Å²) in [5.74, 6) is -0.506. The quantitative estimate of drug-likeness (QED) is 0.105. The maximum atomic E-state index is 11.7. The van der Waals surface area contributed by atoms with E-state index >= 15 is 0 Å². The molecule has 0 N–H and O–H groups in total. The van der Waals surface area contributed by atoms with E-state index in [0.717, 1.165) is 12.8 Å². The zero-order valence-corrected chi connectivity index (χ0v) is 20.7. The lowest BCUT2D eigenvalue weighted by molar-refractivity contribution is -0.143. The summed E-state index contributed by atoms with van der Waals surface area (Å²) in [5, 5.41) is -0.909. The van der Waals surface area contributed by atoms with Gasteiger partial charge in [-0.3, -0.25) is 4.79 Å². The van der Waals surface area contributed by atoms with E-state index in [9.17, 15) is 4.79 Å². The second kappa shape index (κ2) is 19.6. The van der Waals surface area contributed by atoms with Crippen LogP contribution in [-0.4, -0.2) is 21.7 Å². The molecule has 0 fully saturated rings. The Hall–Kier alpha value is 0.630. The minimum Gasteiger partial charge on any atom is -0.465 e. The summed E-state index contributed by atoms with van der Waals surface area (Å²) in [4.78, 5) is 11.7. The van der Waals surface area contributed by atoms with Crippen molar-refractivity contribution < 1.29 is 9.53 Å². The van der Waals surface area contributed by atoms with Crippen LogP contribution in [0.25, 0.3) is 0 Å². The Morgan fingerprint density at radius 3 is 1.43 bits per heavy atom. The molecule has 0 bridgehead atoms. The summed E-state index contributed by atoms with van der Waals surface area (Å²) < 4.78 is 3.59. The van der Waals surface area contributed by atoms with Gasteiger partial charge in [-0.1, -0.05) is 138 Å². The maximum absolute atomic E-state index is 11.7. The molecule has 6 heteroatoms. The van der Waals surface area contributed by atoms with Crippen molar-refractivity contribution in [2.45, 2.75) is 125 Å². The van der Waals surface area contributed by atoms with E-state index in [1.54, 1.807) is 0 Å². The average Bonchev–Trinajstić information content (AvgIpc) is 2.62. The molecule has 2 nitrogen and oxygen atoms in total. The number of hydrogen-bond acceptors (Lipinski definition) is 2. The number of hydrogen-bond donors (Lipinski definition) is 0. The number of halogens is 4. The van der Waals surface area contributed by atoms with Gasteiger partial charge in [-0.05, 0) is 6.42 Å². The molecule has 0 radical (unpaired) electrons. The number of alkyl halides is 4. The fraction of sp³-hybridized carbons (Fsp3) is 0.955. The van der Waals surface area contributed by atoms with Crippen molar-refractivity contribution in [1.82, 2.24) is 0 Å². The van der Waals surface area contributed by atoms with Crippen molar-refractivity contribution in [1.29, 1.82) is 0 Å². The van der Waals surface area contributed by atoms with E-state index in [0.29, 0.717) is 6.61 Å². The fourth-order valence-electron chi connectivity index (χ4n) is 3.20. The number of unbranched alkanes of at least 4 members (excludes halogenated alkanes) is 15. The molecule has 0 aromatic rings. The molecule has 1 unspecified atom stereocenters. The Bertz CT molecular complexity index is 359. The summed E-state index contributed by atoms with van der Waals surface area (Å²) >= 11 is 22.7. The highest BCUT2D eigenvalue weighted by molar-refractivity contribution is 6.67. The summed E-state index contributed by atoms with van der Waals surface area (Å²) in [6.45, 7) is 2.66. The molecule has 0 saturated carbocycles. The number of carbonyl (C=O) groups is 1. The lowest BCUT2D eigenvalue weighted by Crippen LogP contribution is -2.23. The minimum atomic E-state index is -1.53. The van der Waals surface area contributed by atoms with Gasteiger partial charge in [0.05, 0.1) is 6.61 Å². The van der Waals surface area contributed by atoms with Gasteiger partial charge >= 0.3 is 5.97 Å². The fourth-order valence-corrected chi connectivity index (χ4v) is 4.19. The standard InChI is InChI=1S/C22H40Cl4O2/c1-2-3-4-5-6-7-8-9-10-11-12-13-14-15-16-17-18-28-21(27)20(23)19-22(24,25)26/h20H,2-19H2,1H3. The third kappa shape index (κ3) is 21.3. The number of carbonyl (C=O) groups excluding carboxylic acids is 1. The van der Waals surface area contributed by atoms with Crippen LogP contribution in [0.4, 0.5) is 0 Å². The van der Waals surface area contributed by atoms with Gasteiger partial charge in [-0.15, -0.1) is 11.6 Å². The van der Waals surface area contributed by atoms with E-state index in [2.05, 4.69) is 6.92 Å². The highest BCUT2D eigenvalue weighted by atomic mass is 35.6. The SMILES string of the molecule is CCCCCCCCCCCCCCCCCCOC(=O)C(Cl)CC(Cl)(Cl)Cl. The van der Waals surface area contributed by atoms with Crippen LogP contribution in [0.2, 0.25) is 0 Å². The van der Waals surface area contributed by atoms with Gasteiger partial charge in [0, 0.05) is 6.42 Å². The van der Waals surface area contributed by atoms with Gasteiger partial charge in [0.15, 0.2) is 3.79 Å². The first-order chi connectivity index (χ1) is 13.4. The number of ether oxygens (including phenoxy) is 1. The molecular weight excluding hydrogens is 438 g/mol. The molecule has 28 heavy (non-hydrogen) atoms. The van der Waals surface area contributed by atoms with Crippen LogP contribution in [-0.2, 0) is 9.53 Å². The van der Waals surface area contributed by atoms with E-state index in [1.807, 2.05) is 0 Å². The second-order valence-electron chi connectivity index (χ2n) is 7.76. The topological polar surface area (TPSA) is 26.3 Å². The Morgan fingerprint density at radius 2 is 1.07 bits per heavy atom. The van der Waals surface area contributed by atoms with Gasteiger partial charge in [0.2, 0.25) is 0 Å². The largest absolute Gasteiger partial charge is 0.465 e. The Balaban J connectivity index is 3.24. The van der Waals surface area contributed by atoms with E-state index < -0.39 is 15.1 Å². The van der Waals surface area contributed by atoms with Crippen LogP contribution in [0.5, 0.6) is 0 Å². The van der Waals surface area contributed by atoms with Crippen molar-refractivity contribution in [3.05, 3.63) is 0 Å². The normalized spacial score (nSPS) is 12.9. The van der Waals surface area contributed by atoms with Gasteiger partial charge in [0.25, 0.3) is 0 Å². The summed E-state index contributed by atoms with van der Waals surface area (Å²) in [6, 6.07) is 0. The monoisotopic (exact) mass is 476 g/mol. The van der Waals surface area contributed by atoms with Crippen molar-refractivity contribution >= 4 is 52.4 Å². The highest BCUT2D eigenvalue weighted by Crippen LogP contribution is 2.33. The second-order valence-corrected chi connectivity index (χ2v) is 10.8. The molecule has 0 aliphatic carbocycles. The van der Waals surface area contributed by atoms with Crippen LogP contribution in [0.1, 0.15) is 116 Å². The van der Waals surface area contributed by atoms with Crippen LogP contribution in [0.3, 0.4) is 0 Å². The van der Waals surface area contributed by atoms with Gasteiger partial charge in [-0.2, -0.15) is 0 Å². The Morgan fingerprint density at radius 1 is 0.714 bits per heavy atom. The summed E-state index contributed by atoms with van der Waals surface area (Å²) in [6.07, 6.45) is 21.0. The van der Waals surface area contributed by atoms with Crippen LogP contribution < -0.4 is 0 Å². The van der Waals surface area contributed by atoms with E-state index in [1.165, 1.54) is 89.9 Å². The van der Waals surface area contributed by atoms with Crippen molar-refractivity contribution in [2.24, 2.45) is 0 Å². The van der Waals surface area contributed by atoms with Crippen LogP contribution >= 0.6 is 46.4 Å². The molecule has 0 rings (SSSR count). The smallest absolute Gasteiger partial charge is 0.324 e. The van der Waals surface area contributed by atoms with Gasteiger partial charge in [-0.25, -0.2) is 0 Å². The molecule has 168 valence electrons. The molecule has 0 aromatic heterocycles. The third-order valence-corrected chi connectivity index (χ3v) is 5.70. The molecule has 0 heterocycles. The summed E-state index contributed by atoms with van der Waals surface area (Å²) in [5.41, 5.74) is 0. The molecule has 0 spiro atoms. The van der Waals surface area contributed by atoms with Crippen LogP contribution in [0.15, 0.2) is 0 Å². The van der Waals surface area contributed by atoms with E-state index in [4.69, 9.17) is 51.1 Å². The van der Waals surface area contributed by atoms with Crippen LogP contribution in [0, 0.1) is 0 Å². The Kier molecular flexibility index (Phi) is 20.0. The lowest BCUT2D eigenvalue weighted by Gasteiger charge is -2.14. The highest BCUT2D eigenvalue weighted by Gasteiger charge is 2.29. The average molecular weight is 478 g/mol. The van der Waals surface area contributed by atoms with E-state index in [-0.39, 0.29) is 6.42 Å². The molecule has 1 atom stereocenters. The predicted molar refractivity (Wildman–Crippen MR) is 125 cm³/mol. The first kappa shape index (κ1) is 28.6. The first-order valence-corrected chi connectivity index (χ1v) is 12.8. The molecular formula is C22H40Cl4O2. The predicted octanol–water partition coefficient (Wildman–Crippen LogP) is 9.16. The van der Waals surface area contributed by atoms with Gasteiger partial charge < -0.3 is 4.74 Å². The number of esters is 1. The summed E-state index contributed by atoms with van der Waals surface area (Å²) in [7, 11) is 0. The first-order valence-electron chi connectivity index (χ1n) is 11.2. The zero-order chi connectivity index (χ0) is 21.1. The molecule has 0 amide bonds.